The molecule has 2 aromatic carbocycles. The largest absolute Gasteiger partial charge is 0.496 e. The third-order valence-corrected chi connectivity index (χ3v) is 5.35. The van der Waals surface area contributed by atoms with Gasteiger partial charge in [-0.3, -0.25) is 14.9 Å². The zero-order valence-corrected chi connectivity index (χ0v) is 18.3. The molecule has 0 aromatic heterocycles. The predicted octanol–water partition coefficient (Wildman–Crippen LogP) is 4.28. The Labute approximate surface area is 188 Å². The Morgan fingerprint density at radius 2 is 1.74 bits per heavy atom. The van der Waals surface area contributed by atoms with Crippen LogP contribution < -0.4 is 20.7 Å². The Morgan fingerprint density at radius 3 is 2.52 bits per heavy atom. The number of methoxy groups -OCH3 is 1. The second kappa shape index (κ2) is 11.3. The number of hydrogen-bond acceptors (Lipinski definition) is 4. The minimum Gasteiger partial charge on any atom is -0.496 e. The van der Waals surface area contributed by atoms with Gasteiger partial charge in [-0.15, -0.1) is 0 Å². The summed E-state index contributed by atoms with van der Waals surface area (Å²) in [5, 5.41) is 8.79. The van der Waals surface area contributed by atoms with Gasteiger partial charge in [0.25, 0.3) is 5.91 Å². The molecular weight excluding hydrogens is 410 g/mol. The lowest BCUT2D eigenvalue weighted by molar-refractivity contribution is -0.115. The van der Waals surface area contributed by atoms with Crippen LogP contribution in [0.25, 0.3) is 6.08 Å². The molecule has 3 N–H and O–H groups in total. The molecule has 1 aliphatic rings. The summed E-state index contributed by atoms with van der Waals surface area (Å²) >= 11 is 5.27. The van der Waals surface area contributed by atoms with E-state index in [1.807, 2.05) is 30.3 Å². The fourth-order valence-corrected chi connectivity index (χ4v) is 3.79. The molecule has 2 amide bonds. The van der Waals surface area contributed by atoms with Crippen molar-refractivity contribution in [2.45, 2.75) is 38.1 Å². The van der Waals surface area contributed by atoms with Gasteiger partial charge < -0.3 is 15.4 Å². The number of ether oxygens (including phenoxy) is 1. The van der Waals surface area contributed by atoms with E-state index in [9.17, 15) is 9.59 Å². The Morgan fingerprint density at radius 1 is 1.03 bits per heavy atom. The van der Waals surface area contributed by atoms with Crippen LogP contribution in [-0.2, 0) is 4.79 Å². The standard InChI is InChI=1S/C24H27N3O3S/c1-30-21-14-8-5-9-17(21)15-16-22(28)27-24(31)26-20-13-7-6-12-19(20)23(29)25-18-10-3-2-4-11-18/h5-9,12-16,18H,2-4,10-11H2,1H3,(H,25,29)(H2,26,27,28,31)/b16-15+. The molecule has 1 aliphatic carbocycles. The number of carbonyl (C=O) groups excluding carboxylic acids is 2. The van der Waals surface area contributed by atoms with Crippen LogP contribution >= 0.6 is 12.2 Å². The number of para-hydroxylation sites is 2. The van der Waals surface area contributed by atoms with Gasteiger partial charge in [0.1, 0.15) is 5.75 Å². The summed E-state index contributed by atoms with van der Waals surface area (Å²) < 4.78 is 5.27. The molecule has 31 heavy (non-hydrogen) atoms. The average molecular weight is 438 g/mol. The minimum absolute atomic E-state index is 0.118. The first-order valence-corrected chi connectivity index (χ1v) is 10.8. The highest BCUT2D eigenvalue weighted by atomic mass is 32.1. The molecule has 0 aliphatic heterocycles. The van der Waals surface area contributed by atoms with E-state index in [0.29, 0.717) is 17.0 Å². The van der Waals surface area contributed by atoms with Crippen LogP contribution in [0.2, 0.25) is 0 Å². The van der Waals surface area contributed by atoms with Crippen molar-refractivity contribution in [3.05, 3.63) is 65.7 Å². The molecule has 0 radical (unpaired) electrons. The lowest BCUT2D eigenvalue weighted by atomic mass is 9.95. The molecule has 0 heterocycles. The normalized spacial score (nSPS) is 14.1. The summed E-state index contributed by atoms with van der Waals surface area (Å²) in [6.07, 6.45) is 8.56. The molecule has 7 heteroatoms. The van der Waals surface area contributed by atoms with Crippen LogP contribution in [0.5, 0.6) is 5.75 Å². The van der Waals surface area contributed by atoms with E-state index in [-0.39, 0.29) is 23.0 Å². The van der Waals surface area contributed by atoms with Gasteiger partial charge in [0.15, 0.2) is 5.11 Å². The van der Waals surface area contributed by atoms with Crippen molar-refractivity contribution in [1.82, 2.24) is 10.6 Å². The van der Waals surface area contributed by atoms with Gasteiger partial charge in [-0.05, 0) is 49.3 Å². The van der Waals surface area contributed by atoms with Crippen molar-refractivity contribution >= 4 is 40.9 Å². The van der Waals surface area contributed by atoms with Crippen molar-refractivity contribution in [1.29, 1.82) is 0 Å². The number of carbonyl (C=O) groups is 2. The van der Waals surface area contributed by atoms with Crippen LogP contribution in [0, 0.1) is 0 Å². The third-order valence-electron chi connectivity index (χ3n) is 5.15. The highest BCUT2D eigenvalue weighted by molar-refractivity contribution is 7.80. The van der Waals surface area contributed by atoms with Gasteiger partial charge in [0, 0.05) is 17.7 Å². The Kier molecular flexibility index (Phi) is 8.18. The molecule has 0 spiro atoms. The second-order valence-electron chi connectivity index (χ2n) is 7.37. The Balaban J connectivity index is 1.59. The van der Waals surface area contributed by atoms with E-state index in [0.717, 1.165) is 31.2 Å². The first-order chi connectivity index (χ1) is 15.1. The summed E-state index contributed by atoms with van der Waals surface area (Å²) in [4.78, 5) is 25.0. The summed E-state index contributed by atoms with van der Waals surface area (Å²) in [5.41, 5.74) is 1.83. The minimum atomic E-state index is -0.382. The predicted molar refractivity (Wildman–Crippen MR) is 127 cm³/mol. The fraction of sp³-hybridized carbons (Fsp3) is 0.292. The molecule has 0 atom stereocenters. The van der Waals surface area contributed by atoms with Crippen molar-refractivity contribution < 1.29 is 14.3 Å². The highest BCUT2D eigenvalue weighted by Crippen LogP contribution is 2.20. The molecule has 0 bridgehead atoms. The first-order valence-electron chi connectivity index (χ1n) is 10.4. The zero-order valence-electron chi connectivity index (χ0n) is 17.5. The molecule has 6 nitrogen and oxygen atoms in total. The topological polar surface area (TPSA) is 79.5 Å². The molecule has 162 valence electrons. The SMILES string of the molecule is COc1ccccc1/C=C/C(=O)NC(=S)Nc1ccccc1C(=O)NC1CCCCC1. The van der Waals surface area contributed by atoms with E-state index in [1.165, 1.54) is 12.5 Å². The number of thiocarbonyl (C=S) groups is 1. The number of rotatable bonds is 6. The van der Waals surface area contributed by atoms with Crippen molar-refractivity contribution in [3.63, 3.8) is 0 Å². The number of anilines is 1. The third kappa shape index (κ3) is 6.65. The average Bonchev–Trinajstić information content (AvgIpc) is 2.78. The smallest absolute Gasteiger partial charge is 0.253 e. The zero-order chi connectivity index (χ0) is 22.1. The summed E-state index contributed by atoms with van der Waals surface area (Å²) in [7, 11) is 1.58. The van der Waals surface area contributed by atoms with Crippen LogP contribution in [0.4, 0.5) is 5.69 Å². The lowest BCUT2D eigenvalue weighted by Gasteiger charge is -2.23. The summed E-state index contributed by atoms with van der Waals surface area (Å²) in [5.74, 6) is 0.151. The van der Waals surface area contributed by atoms with Crippen molar-refractivity contribution in [2.75, 3.05) is 12.4 Å². The highest BCUT2D eigenvalue weighted by Gasteiger charge is 2.18. The molecule has 2 aromatic rings. The van der Waals surface area contributed by atoms with Gasteiger partial charge in [0.05, 0.1) is 18.4 Å². The first kappa shape index (κ1) is 22.5. The Hall–Kier alpha value is -3.19. The monoisotopic (exact) mass is 437 g/mol. The van der Waals surface area contributed by atoms with Crippen LogP contribution in [0.15, 0.2) is 54.6 Å². The van der Waals surface area contributed by atoms with Crippen LogP contribution in [0.3, 0.4) is 0 Å². The maximum absolute atomic E-state index is 12.8. The van der Waals surface area contributed by atoms with Crippen molar-refractivity contribution in [3.8, 4) is 5.75 Å². The quantitative estimate of drug-likeness (QED) is 0.464. The van der Waals surface area contributed by atoms with E-state index in [2.05, 4.69) is 16.0 Å². The maximum Gasteiger partial charge on any atom is 0.253 e. The molecule has 1 saturated carbocycles. The number of benzene rings is 2. The number of hydrogen-bond donors (Lipinski definition) is 3. The molecule has 0 saturated heterocycles. The van der Waals surface area contributed by atoms with Gasteiger partial charge >= 0.3 is 0 Å². The summed E-state index contributed by atoms with van der Waals surface area (Å²) in [6.45, 7) is 0. The molecule has 3 rings (SSSR count). The Bertz CT molecular complexity index is 968. The van der Waals surface area contributed by atoms with E-state index >= 15 is 0 Å². The van der Waals surface area contributed by atoms with Crippen molar-refractivity contribution in [2.24, 2.45) is 0 Å². The second-order valence-corrected chi connectivity index (χ2v) is 7.78. The molecular formula is C24H27N3O3S. The van der Waals surface area contributed by atoms with Gasteiger partial charge in [0.2, 0.25) is 5.91 Å². The van der Waals surface area contributed by atoms with E-state index in [4.69, 9.17) is 17.0 Å². The van der Waals surface area contributed by atoms with Gasteiger partial charge in [-0.2, -0.15) is 0 Å². The maximum atomic E-state index is 12.8. The summed E-state index contributed by atoms with van der Waals surface area (Å²) in [6, 6.07) is 14.7. The number of nitrogens with one attached hydrogen (secondary N) is 3. The lowest BCUT2D eigenvalue weighted by Crippen LogP contribution is -2.37. The van der Waals surface area contributed by atoms with E-state index in [1.54, 1.807) is 31.4 Å². The van der Waals surface area contributed by atoms with Gasteiger partial charge in [-0.25, -0.2) is 0 Å². The fourth-order valence-electron chi connectivity index (χ4n) is 3.58. The van der Waals surface area contributed by atoms with E-state index < -0.39 is 0 Å². The van der Waals surface area contributed by atoms with Crippen LogP contribution in [0.1, 0.15) is 48.0 Å². The molecule has 1 fully saturated rings. The number of amides is 2. The van der Waals surface area contributed by atoms with Gasteiger partial charge in [-0.1, -0.05) is 49.6 Å². The molecule has 0 unspecified atom stereocenters. The van der Waals surface area contributed by atoms with Crippen LogP contribution in [-0.4, -0.2) is 30.1 Å².